The van der Waals surface area contributed by atoms with Crippen molar-refractivity contribution in [3.63, 3.8) is 0 Å². The minimum absolute atomic E-state index is 0.132. The molecule has 4 aromatic rings. The fraction of sp³-hybridized carbons (Fsp3) is 0.174. The molecule has 0 saturated heterocycles. The number of anilines is 1. The van der Waals surface area contributed by atoms with Crippen LogP contribution in [0, 0.1) is 6.92 Å². The summed E-state index contributed by atoms with van der Waals surface area (Å²) in [6.07, 6.45) is 1.63. The van der Waals surface area contributed by atoms with Gasteiger partial charge in [0.1, 0.15) is 18.1 Å². The molecule has 1 amide bonds. The number of thioether (sulfide) groups is 1. The van der Waals surface area contributed by atoms with Gasteiger partial charge in [-0.25, -0.2) is 0 Å². The van der Waals surface area contributed by atoms with Crippen LogP contribution in [0.15, 0.2) is 81.0 Å². The molecule has 0 saturated carbocycles. The largest absolute Gasteiger partial charge is 0.486 e. The summed E-state index contributed by atoms with van der Waals surface area (Å²) < 4.78 is 14.1. The third kappa shape index (κ3) is 5.80. The first-order valence-corrected chi connectivity index (χ1v) is 11.7. The standard InChI is InChI=1S/C23H21BrN4O3S/c1-16-8-10-17(11-9-16)31-14-21-26-27-23(28(21)13-18-5-4-12-30-18)32-15-22(29)25-20-7-3-2-6-19(20)24/h2-12H,13-15H2,1H3,(H,25,29). The summed E-state index contributed by atoms with van der Waals surface area (Å²) in [5, 5.41) is 12.1. The van der Waals surface area contributed by atoms with E-state index in [0.29, 0.717) is 17.5 Å². The van der Waals surface area contributed by atoms with Crippen molar-refractivity contribution in [3.8, 4) is 5.75 Å². The van der Waals surface area contributed by atoms with Crippen LogP contribution in [-0.4, -0.2) is 26.4 Å². The third-order valence-electron chi connectivity index (χ3n) is 4.56. The summed E-state index contributed by atoms with van der Waals surface area (Å²) in [6.45, 7) is 2.72. The van der Waals surface area contributed by atoms with Gasteiger partial charge in [0.2, 0.25) is 5.91 Å². The number of halogens is 1. The maximum atomic E-state index is 12.5. The third-order valence-corrected chi connectivity index (χ3v) is 6.21. The first-order chi connectivity index (χ1) is 15.6. The number of carbonyl (C=O) groups is 1. The topological polar surface area (TPSA) is 82.2 Å². The second kappa shape index (κ2) is 10.5. The van der Waals surface area contributed by atoms with Gasteiger partial charge >= 0.3 is 0 Å². The van der Waals surface area contributed by atoms with E-state index >= 15 is 0 Å². The van der Waals surface area contributed by atoms with Crippen molar-refractivity contribution in [2.24, 2.45) is 0 Å². The Bertz CT molecular complexity index is 1180. The van der Waals surface area contributed by atoms with Crippen LogP contribution in [0.5, 0.6) is 5.75 Å². The molecule has 4 rings (SSSR count). The molecule has 164 valence electrons. The van der Waals surface area contributed by atoms with Crippen LogP contribution in [0.1, 0.15) is 17.1 Å². The highest BCUT2D eigenvalue weighted by molar-refractivity contribution is 9.10. The molecule has 2 aromatic heterocycles. The van der Waals surface area contributed by atoms with Gasteiger partial charge in [0.25, 0.3) is 0 Å². The molecule has 0 spiro atoms. The molecular weight excluding hydrogens is 492 g/mol. The maximum absolute atomic E-state index is 12.5. The summed E-state index contributed by atoms with van der Waals surface area (Å²) in [5.74, 6) is 2.23. The van der Waals surface area contributed by atoms with Crippen molar-refractivity contribution in [2.75, 3.05) is 11.1 Å². The van der Waals surface area contributed by atoms with Crippen LogP contribution in [0.2, 0.25) is 0 Å². The van der Waals surface area contributed by atoms with Gasteiger partial charge in [0.05, 0.1) is 24.2 Å². The van der Waals surface area contributed by atoms with E-state index in [0.717, 1.165) is 27.2 Å². The van der Waals surface area contributed by atoms with Crippen molar-refractivity contribution in [1.29, 1.82) is 0 Å². The fourth-order valence-electron chi connectivity index (χ4n) is 2.91. The van der Waals surface area contributed by atoms with E-state index in [9.17, 15) is 4.79 Å². The Balaban J connectivity index is 1.45. The Hall–Kier alpha value is -3.04. The Morgan fingerprint density at radius 2 is 1.94 bits per heavy atom. The molecule has 0 aliphatic carbocycles. The second-order valence-electron chi connectivity index (χ2n) is 6.98. The van der Waals surface area contributed by atoms with Gasteiger partial charge in [-0.1, -0.05) is 41.6 Å². The first kappa shape index (κ1) is 22.2. The Morgan fingerprint density at radius 1 is 1.12 bits per heavy atom. The number of para-hydroxylation sites is 1. The summed E-state index contributed by atoms with van der Waals surface area (Å²) >= 11 is 4.75. The number of benzene rings is 2. The van der Waals surface area contributed by atoms with E-state index in [2.05, 4.69) is 31.4 Å². The molecule has 7 nitrogen and oxygen atoms in total. The molecule has 2 heterocycles. The lowest BCUT2D eigenvalue weighted by atomic mass is 10.2. The van der Waals surface area contributed by atoms with Gasteiger partial charge in [0.15, 0.2) is 11.0 Å². The van der Waals surface area contributed by atoms with Crippen molar-refractivity contribution < 1.29 is 13.9 Å². The molecule has 2 aromatic carbocycles. The lowest BCUT2D eigenvalue weighted by Gasteiger charge is -2.10. The predicted octanol–water partition coefficient (Wildman–Crippen LogP) is 5.30. The maximum Gasteiger partial charge on any atom is 0.234 e. The molecule has 0 unspecified atom stereocenters. The molecule has 0 radical (unpaired) electrons. The number of aromatic nitrogens is 3. The molecule has 0 aliphatic rings. The fourth-order valence-corrected chi connectivity index (χ4v) is 4.05. The zero-order chi connectivity index (χ0) is 22.3. The molecular formula is C23H21BrN4O3S. The van der Waals surface area contributed by atoms with Crippen LogP contribution >= 0.6 is 27.7 Å². The molecule has 0 fully saturated rings. The Morgan fingerprint density at radius 3 is 2.69 bits per heavy atom. The number of nitrogens with one attached hydrogen (secondary N) is 1. The van der Waals surface area contributed by atoms with Crippen molar-refractivity contribution in [2.45, 2.75) is 25.2 Å². The number of rotatable bonds is 9. The van der Waals surface area contributed by atoms with E-state index in [1.54, 1.807) is 6.26 Å². The van der Waals surface area contributed by atoms with Gasteiger partial charge < -0.3 is 14.5 Å². The molecule has 0 aliphatic heterocycles. The molecule has 32 heavy (non-hydrogen) atoms. The highest BCUT2D eigenvalue weighted by atomic mass is 79.9. The summed E-state index contributed by atoms with van der Waals surface area (Å²) in [4.78, 5) is 12.5. The second-order valence-corrected chi connectivity index (χ2v) is 8.78. The van der Waals surface area contributed by atoms with Crippen molar-refractivity contribution in [3.05, 3.63) is 88.5 Å². The highest BCUT2D eigenvalue weighted by Gasteiger charge is 2.17. The normalized spacial score (nSPS) is 10.8. The number of ether oxygens (including phenoxy) is 1. The Labute approximate surface area is 198 Å². The van der Waals surface area contributed by atoms with Crippen LogP contribution in [-0.2, 0) is 17.9 Å². The minimum Gasteiger partial charge on any atom is -0.486 e. The number of hydrogen-bond acceptors (Lipinski definition) is 6. The van der Waals surface area contributed by atoms with E-state index in [-0.39, 0.29) is 18.3 Å². The van der Waals surface area contributed by atoms with Gasteiger partial charge in [0, 0.05) is 4.47 Å². The average molecular weight is 513 g/mol. The minimum atomic E-state index is -0.132. The lowest BCUT2D eigenvalue weighted by molar-refractivity contribution is -0.113. The van der Waals surface area contributed by atoms with Gasteiger partial charge in [-0.05, 0) is 59.3 Å². The molecule has 9 heteroatoms. The zero-order valence-electron chi connectivity index (χ0n) is 17.3. The summed E-state index contributed by atoms with van der Waals surface area (Å²) in [5.41, 5.74) is 1.89. The number of aryl methyl sites for hydroxylation is 1. The van der Waals surface area contributed by atoms with E-state index in [1.807, 2.05) is 72.2 Å². The SMILES string of the molecule is Cc1ccc(OCc2nnc(SCC(=O)Nc3ccccc3Br)n2Cc2ccco2)cc1. The number of amides is 1. The summed E-state index contributed by atoms with van der Waals surface area (Å²) in [6, 6.07) is 19.0. The zero-order valence-corrected chi connectivity index (χ0v) is 19.7. The molecule has 0 bridgehead atoms. The van der Waals surface area contributed by atoms with Crippen LogP contribution in [0.3, 0.4) is 0 Å². The quantitative estimate of drug-likeness (QED) is 0.306. The number of nitrogens with zero attached hydrogens (tertiary/aromatic N) is 3. The van der Waals surface area contributed by atoms with Crippen LogP contribution in [0.4, 0.5) is 5.69 Å². The lowest BCUT2D eigenvalue weighted by Crippen LogP contribution is -2.15. The van der Waals surface area contributed by atoms with Gasteiger partial charge in [-0.15, -0.1) is 10.2 Å². The van der Waals surface area contributed by atoms with Gasteiger partial charge in [-0.3, -0.25) is 9.36 Å². The van der Waals surface area contributed by atoms with Crippen molar-refractivity contribution >= 4 is 39.3 Å². The molecule has 0 atom stereocenters. The van der Waals surface area contributed by atoms with Crippen LogP contribution in [0.25, 0.3) is 0 Å². The number of furan rings is 1. The first-order valence-electron chi connectivity index (χ1n) is 9.89. The summed E-state index contributed by atoms with van der Waals surface area (Å²) in [7, 11) is 0. The van der Waals surface area contributed by atoms with E-state index < -0.39 is 0 Å². The monoisotopic (exact) mass is 512 g/mol. The van der Waals surface area contributed by atoms with Gasteiger partial charge in [-0.2, -0.15) is 0 Å². The Kier molecular flexibility index (Phi) is 7.28. The number of hydrogen-bond donors (Lipinski definition) is 1. The predicted molar refractivity (Wildman–Crippen MR) is 127 cm³/mol. The highest BCUT2D eigenvalue weighted by Crippen LogP contribution is 2.23. The van der Waals surface area contributed by atoms with E-state index in [4.69, 9.17) is 9.15 Å². The van der Waals surface area contributed by atoms with Crippen molar-refractivity contribution in [1.82, 2.24) is 14.8 Å². The number of carbonyl (C=O) groups excluding carboxylic acids is 1. The average Bonchev–Trinajstić information content (AvgIpc) is 3.44. The van der Waals surface area contributed by atoms with Crippen LogP contribution < -0.4 is 10.1 Å². The van der Waals surface area contributed by atoms with E-state index in [1.165, 1.54) is 11.8 Å². The smallest absolute Gasteiger partial charge is 0.234 e. The molecule has 1 N–H and O–H groups in total.